The lowest BCUT2D eigenvalue weighted by atomic mass is 10.1. The van der Waals surface area contributed by atoms with Crippen molar-refractivity contribution in [3.8, 4) is 0 Å². The van der Waals surface area contributed by atoms with Crippen LogP contribution in [0, 0.1) is 0 Å². The third-order valence-electron chi connectivity index (χ3n) is 6.01. The lowest BCUT2D eigenvalue weighted by molar-refractivity contribution is -0.137. The molecule has 4 rings (SSSR count). The predicted molar refractivity (Wildman–Crippen MR) is 99.9 cm³/mol. The highest BCUT2D eigenvalue weighted by Gasteiger charge is 2.40. The fraction of sp³-hybridized carbons (Fsp3) is 0.600. The Morgan fingerprint density at radius 2 is 1.69 bits per heavy atom. The quantitative estimate of drug-likeness (QED) is 0.893. The van der Waals surface area contributed by atoms with Crippen LogP contribution in [0.3, 0.4) is 0 Å². The summed E-state index contributed by atoms with van der Waals surface area (Å²) in [5.74, 6) is 0.678. The Kier molecular flexibility index (Phi) is 4.85. The number of likely N-dealkylation sites (tertiary alicyclic amines) is 1. The van der Waals surface area contributed by atoms with Gasteiger partial charge in [0.1, 0.15) is 0 Å². The van der Waals surface area contributed by atoms with Crippen molar-refractivity contribution in [2.75, 3.05) is 39.8 Å². The van der Waals surface area contributed by atoms with Crippen LogP contribution in [0.25, 0.3) is 0 Å². The molecule has 26 heavy (non-hydrogen) atoms. The van der Waals surface area contributed by atoms with Gasteiger partial charge in [0.2, 0.25) is 5.91 Å². The second-order valence-electron chi connectivity index (χ2n) is 7.76. The molecule has 3 amide bonds. The third kappa shape index (κ3) is 3.56. The summed E-state index contributed by atoms with van der Waals surface area (Å²) >= 11 is 0. The molecule has 0 spiro atoms. The van der Waals surface area contributed by atoms with E-state index in [4.69, 9.17) is 0 Å². The molecule has 1 aliphatic carbocycles. The molecule has 3 fully saturated rings. The average Bonchev–Trinajstić information content (AvgIpc) is 3.31. The average molecular weight is 356 g/mol. The van der Waals surface area contributed by atoms with E-state index in [0.717, 1.165) is 25.8 Å². The van der Waals surface area contributed by atoms with Gasteiger partial charge in [0.15, 0.2) is 0 Å². The van der Waals surface area contributed by atoms with Crippen molar-refractivity contribution in [3.63, 3.8) is 0 Å². The van der Waals surface area contributed by atoms with Gasteiger partial charge in [-0.3, -0.25) is 9.69 Å². The number of carbonyl (C=O) groups excluding carboxylic acids is 2. The molecule has 140 valence electrons. The Morgan fingerprint density at radius 1 is 1.00 bits per heavy atom. The van der Waals surface area contributed by atoms with Gasteiger partial charge in [-0.05, 0) is 38.4 Å². The number of nitrogens with zero attached hydrogens (tertiary/aromatic N) is 3. The van der Waals surface area contributed by atoms with Gasteiger partial charge < -0.3 is 15.1 Å². The first-order valence-corrected chi connectivity index (χ1v) is 9.73. The van der Waals surface area contributed by atoms with Crippen molar-refractivity contribution in [3.05, 3.63) is 35.9 Å². The third-order valence-corrected chi connectivity index (χ3v) is 6.01. The van der Waals surface area contributed by atoms with Crippen LogP contribution in [0.4, 0.5) is 4.79 Å². The minimum Gasteiger partial charge on any atom is -0.338 e. The largest absolute Gasteiger partial charge is 0.338 e. The normalized spacial score (nSPS) is 28.9. The SMILES string of the molecule is CN1CCCC1C(=O)N1CCN(C(=O)NC2CC2c2ccccc2)CC1. The van der Waals surface area contributed by atoms with Crippen molar-refractivity contribution in [2.45, 2.75) is 37.3 Å². The summed E-state index contributed by atoms with van der Waals surface area (Å²) in [6.45, 7) is 3.53. The molecule has 0 bridgehead atoms. The maximum atomic E-state index is 12.6. The molecule has 2 aliphatic heterocycles. The van der Waals surface area contributed by atoms with Crippen LogP contribution in [0.5, 0.6) is 0 Å². The Balaban J connectivity index is 1.23. The van der Waals surface area contributed by atoms with Crippen LogP contribution in [0.15, 0.2) is 30.3 Å². The van der Waals surface area contributed by atoms with Crippen LogP contribution in [-0.2, 0) is 4.79 Å². The molecule has 1 aromatic carbocycles. The van der Waals surface area contributed by atoms with Crippen molar-refractivity contribution in [1.29, 1.82) is 0 Å². The smallest absolute Gasteiger partial charge is 0.317 e. The van der Waals surface area contributed by atoms with E-state index < -0.39 is 0 Å². The van der Waals surface area contributed by atoms with Crippen molar-refractivity contribution < 1.29 is 9.59 Å². The van der Waals surface area contributed by atoms with Gasteiger partial charge in [-0.2, -0.15) is 0 Å². The van der Waals surface area contributed by atoms with Crippen LogP contribution < -0.4 is 5.32 Å². The molecular formula is C20H28N4O2. The van der Waals surface area contributed by atoms with Gasteiger partial charge in [0.05, 0.1) is 6.04 Å². The van der Waals surface area contributed by atoms with E-state index in [1.165, 1.54) is 5.56 Å². The van der Waals surface area contributed by atoms with Crippen LogP contribution in [0.1, 0.15) is 30.7 Å². The minimum atomic E-state index is 0.0125. The zero-order chi connectivity index (χ0) is 18.1. The van der Waals surface area contributed by atoms with Crippen molar-refractivity contribution in [1.82, 2.24) is 20.0 Å². The first-order valence-electron chi connectivity index (χ1n) is 9.73. The van der Waals surface area contributed by atoms with E-state index in [9.17, 15) is 9.59 Å². The summed E-state index contributed by atoms with van der Waals surface area (Å²) < 4.78 is 0. The number of likely N-dealkylation sites (N-methyl/N-ethyl adjacent to an activating group) is 1. The van der Waals surface area contributed by atoms with Crippen LogP contribution >= 0.6 is 0 Å². The molecule has 6 nitrogen and oxygen atoms in total. The van der Waals surface area contributed by atoms with E-state index in [-0.39, 0.29) is 24.0 Å². The first kappa shape index (κ1) is 17.3. The molecule has 1 N–H and O–H groups in total. The highest BCUT2D eigenvalue weighted by atomic mass is 16.2. The Hall–Kier alpha value is -2.08. The summed E-state index contributed by atoms with van der Waals surface area (Å²) in [4.78, 5) is 31.1. The molecule has 2 saturated heterocycles. The van der Waals surface area contributed by atoms with Crippen LogP contribution in [-0.4, -0.2) is 78.5 Å². The van der Waals surface area contributed by atoms with Crippen molar-refractivity contribution >= 4 is 11.9 Å². The van der Waals surface area contributed by atoms with E-state index in [2.05, 4.69) is 22.3 Å². The number of amides is 3. The minimum absolute atomic E-state index is 0.0125. The number of benzene rings is 1. The summed E-state index contributed by atoms with van der Waals surface area (Å²) in [6.07, 6.45) is 3.07. The zero-order valence-electron chi connectivity index (χ0n) is 15.4. The fourth-order valence-electron chi connectivity index (χ4n) is 4.24. The second-order valence-corrected chi connectivity index (χ2v) is 7.76. The molecule has 1 saturated carbocycles. The van der Waals surface area contributed by atoms with Crippen molar-refractivity contribution in [2.24, 2.45) is 0 Å². The molecule has 1 aromatic rings. The van der Waals surface area contributed by atoms with E-state index >= 15 is 0 Å². The van der Waals surface area contributed by atoms with Gasteiger partial charge in [-0.1, -0.05) is 30.3 Å². The van der Waals surface area contributed by atoms with E-state index in [1.54, 1.807) is 0 Å². The van der Waals surface area contributed by atoms with Gasteiger partial charge in [0, 0.05) is 38.1 Å². The number of carbonyl (C=O) groups is 2. The number of nitrogens with one attached hydrogen (secondary N) is 1. The zero-order valence-corrected chi connectivity index (χ0v) is 15.4. The summed E-state index contributed by atoms with van der Waals surface area (Å²) in [5, 5.41) is 3.15. The monoisotopic (exact) mass is 356 g/mol. The lowest BCUT2D eigenvalue weighted by Crippen LogP contribution is -2.56. The molecule has 3 aliphatic rings. The lowest BCUT2D eigenvalue weighted by Gasteiger charge is -2.36. The highest BCUT2D eigenvalue weighted by molar-refractivity contribution is 5.82. The summed E-state index contributed by atoms with van der Waals surface area (Å²) in [5.41, 5.74) is 1.30. The van der Waals surface area contributed by atoms with E-state index in [0.29, 0.717) is 32.1 Å². The number of piperazine rings is 1. The number of urea groups is 1. The molecule has 3 unspecified atom stereocenters. The Morgan fingerprint density at radius 3 is 2.35 bits per heavy atom. The number of rotatable bonds is 3. The topological polar surface area (TPSA) is 55.9 Å². The molecule has 0 aromatic heterocycles. The maximum absolute atomic E-state index is 12.6. The fourth-order valence-corrected chi connectivity index (χ4v) is 4.24. The van der Waals surface area contributed by atoms with Crippen LogP contribution in [0.2, 0.25) is 0 Å². The number of hydrogen-bond acceptors (Lipinski definition) is 3. The van der Waals surface area contributed by atoms with Gasteiger partial charge in [-0.25, -0.2) is 4.79 Å². The first-order chi connectivity index (χ1) is 12.6. The maximum Gasteiger partial charge on any atom is 0.317 e. The van der Waals surface area contributed by atoms with Gasteiger partial charge in [0.25, 0.3) is 0 Å². The van der Waals surface area contributed by atoms with Gasteiger partial charge in [-0.15, -0.1) is 0 Å². The standard InChI is InChI=1S/C20H28N4O2/c1-22-9-5-8-18(22)19(25)23-10-12-24(13-11-23)20(26)21-17-14-16(17)15-6-3-2-4-7-15/h2-4,6-7,16-18H,5,8-14H2,1H3,(H,21,26). The van der Waals surface area contributed by atoms with Gasteiger partial charge >= 0.3 is 6.03 Å². The second kappa shape index (κ2) is 7.27. The molecular weight excluding hydrogens is 328 g/mol. The summed E-state index contributed by atoms with van der Waals surface area (Å²) in [7, 11) is 2.03. The molecule has 3 atom stereocenters. The van der Waals surface area contributed by atoms with E-state index in [1.807, 2.05) is 35.0 Å². The molecule has 0 radical (unpaired) electrons. The number of hydrogen-bond donors (Lipinski definition) is 1. The summed E-state index contributed by atoms with van der Waals surface area (Å²) in [6, 6.07) is 10.7. The molecule has 6 heteroatoms. The Bertz CT molecular complexity index is 657. The predicted octanol–water partition coefficient (Wildman–Crippen LogP) is 1.49. The molecule has 2 heterocycles. The Labute approximate surface area is 155 Å². The highest BCUT2D eigenvalue weighted by Crippen LogP contribution is 2.40.